The second-order valence-electron chi connectivity index (χ2n) is 3.11. The molecule has 0 aliphatic rings. The van der Waals surface area contributed by atoms with Gasteiger partial charge in [0.25, 0.3) is 0 Å². The molecule has 1 aromatic rings. The number of phenols is 1. The molecule has 0 aromatic heterocycles. The SMILES string of the molecule is CC#CCNCc1ccc(O)c([N+](=O)[O-])c1. The number of rotatable bonds is 4. The van der Waals surface area contributed by atoms with Crippen LogP contribution in [0.2, 0.25) is 0 Å². The number of hydrogen-bond acceptors (Lipinski definition) is 4. The molecule has 0 amide bonds. The van der Waals surface area contributed by atoms with E-state index in [1.807, 2.05) is 0 Å². The molecule has 1 aromatic carbocycles. The lowest BCUT2D eigenvalue weighted by molar-refractivity contribution is -0.385. The number of benzene rings is 1. The third kappa shape index (κ3) is 3.26. The van der Waals surface area contributed by atoms with Crippen LogP contribution in [-0.2, 0) is 6.54 Å². The molecule has 0 unspecified atom stereocenters. The molecule has 0 aliphatic carbocycles. The van der Waals surface area contributed by atoms with Crippen molar-refractivity contribution in [3.8, 4) is 17.6 Å². The van der Waals surface area contributed by atoms with Crippen LogP contribution in [-0.4, -0.2) is 16.6 Å². The quantitative estimate of drug-likeness (QED) is 0.348. The maximum atomic E-state index is 10.6. The molecule has 0 radical (unpaired) electrons. The lowest BCUT2D eigenvalue weighted by Crippen LogP contribution is -2.13. The minimum absolute atomic E-state index is 0.277. The first-order chi connectivity index (χ1) is 7.65. The van der Waals surface area contributed by atoms with E-state index < -0.39 is 4.92 Å². The Bertz CT molecular complexity index is 446. The molecule has 0 saturated heterocycles. The normalized spacial score (nSPS) is 9.31. The molecule has 0 fully saturated rings. The number of nitrogens with zero attached hydrogens (tertiary/aromatic N) is 1. The van der Waals surface area contributed by atoms with E-state index >= 15 is 0 Å². The van der Waals surface area contributed by atoms with Gasteiger partial charge in [-0.1, -0.05) is 12.0 Å². The van der Waals surface area contributed by atoms with Crippen LogP contribution in [0, 0.1) is 22.0 Å². The Kier molecular flexibility index (Phi) is 4.30. The summed E-state index contributed by atoms with van der Waals surface area (Å²) in [7, 11) is 0. The summed E-state index contributed by atoms with van der Waals surface area (Å²) in [5.41, 5.74) is 0.461. The summed E-state index contributed by atoms with van der Waals surface area (Å²) in [6, 6.07) is 4.30. The van der Waals surface area contributed by atoms with Crippen molar-refractivity contribution in [2.24, 2.45) is 0 Å². The maximum absolute atomic E-state index is 10.6. The van der Waals surface area contributed by atoms with Gasteiger partial charge in [-0.3, -0.25) is 10.1 Å². The second-order valence-corrected chi connectivity index (χ2v) is 3.11. The summed E-state index contributed by atoms with van der Waals surface area (Å²) >= 11 is 0. The summed E-state index contributed by atoms with van der Waals surface area (Å²) in [5.74, 6) is 5.24. The zero-order valence-electron chi connectivity index (χ0n) is 8.86. The standard InChI is InChI=1S/C11H12N2O3/c1-2-3-6-12-8-9-4-5-11(14)10(7-9)13(15)16/h4-5,7,12,14H,6,8H2,1H3. The smallest absolute Gasteiger partial charge is 0.311 e. The minimum atomic E-state index is -0.606. The fraction of sp³-hybridized carbons (Fsp3) is 0.273. The van der Waals surface area contributed by atoms with E-state index in [-0.39, 0.29) is 11.4 Å². The molecule has 1 rings (SSSR count). The number of nitrogens with one attached hydrogen (secondary N) is 1. The fourth-order valence-electron chi connectivity index (χ4n) is 1.18. The Morgan fingerprint density at radius 1 is 1.56 bits per heavy atom. The van der Waals surface area contributed by atoms with Gasteiger partial charge in [-0.15, -0.1) is 5.92 Å². The van der Waals surface area contributed by atoms with Gasteiger partial charge in [-0.2, -0.15) is 0 Å². The zero-order valence-corrected chi connectivity index (χ0v) is 8.86. The van der Waals surface area contributed by atoms with Gasteiger partial charge >= 0.3 is 5.69 Å². The Balaban J connectivity index is 2.70. The maximum Gasteiger partial charge on any atom is 0.311 e. The largest absolute Gasteiger partial charge is 0.502 e. The highest BCUT2D eigenvalue weighted by Gasteiger charge is 2.12. The highest BCUT2D eigenvalue weighted by atomic mass is 16.6. The van der Waals surface area contributed by atoms with Gasteiger partial charge in [-0.05, 0) is 18.6 Å². The monoisotopic (exact) mass is 220 g/mol. The summed E-state index contributed by atoms with van der Waals surface area (Å²) in [4.78, 5) is 9.95. The molecule has 0 bridgehead atoms. The van der Waals surface area contributed by atoms with Crippen molar-refractivity contribution in [2.45, 2.75) is 13.5 Å². The number of aromatic hydroxyl groups is 1. The van der Waals surface area contributed by atoms with Gasteiger partial charge in [0, 0.05) is 12.6 Å². The number of nitro groups is 1. The van der Waals surface area contributed by atoms with Crippen molar-refractivity contribution >= 4 is 5.69 Å². The van der Waals surface area contributed by atoms with Crippen molar-refractivity contribution < 1.29 is 10.0 Å². The van der Waals surface area contributed by atoms with E-state index in [0.717, 1.165) is 5.56 Å². The van der Waals surface area contributed by atoms with E-state index in [9.17, 15) is 15.2 Å². The zero-order chi connectivity index (χ0) is 12.0. The first kappa shape index (κ1) is 12.0. The highest BCUT2D eigenvalue weighted by molar-refractivity contribution is 5.47. The molecule has 0 aliphatic heterocycles. The minimum Gasteiger partial charge on any atom is -0.502 e. The molecule has 84 valence electrons. The highest BCUT2D eigenvalue weighted by Crippen LogP contribution is 2.25. The van der Waals surface area contributed by atoms with Gasteiger partial charge in [0.15, 0.2) is 5.75 Å². The third-order valence-corrected chi connectivity index (χ3v) is 1.96. The van der Waals surface area contributed by atoms with Crippen molar-refractivity contribution in [2.75, 3.05) is 6.54 Å². The second kappa shape index (κ2) is 5.73. The Morgan fingerprint density at radius 3 is 2.94 bits per heavy atom. The van der Waals surface area contributed by atoms with Crippen LogP contribution < -0.4 is 5.32 Å². The molecule has 0 spiro atoms. The summed E-state index contributed by atoms with van der Waals surface area (Å²) in [5, 5.41) is 22.8. The molecule has 16 heavy (non-hydrogen) atoms. The number of hydrogen-bond donors (Lipinski definition) is 2. The lowest BCUT2D eigenvalue weighted by Gasteiger charge is -2.02. The summed E-state index contributed by atoms with van der Waals surface area (Å²) in [6.07, 6.45) is 0. The van der Waals surface area contributed by atoms with Crippen LogP contribution in [0.4, 0.5) is 5.69 Å². The summed E-state index contributed by atoms with van der Waals surface area (Å²) < 4.78 is 0. The molecular weight excluding hydrogens is 208 g/mol. The number of nitro benzene ring substituents is 1. The van der Waals surface area contributed by atoms with E-state index in [2.05, 4.69) is 17.2 Å². The van der Waals surface area contributed by atoms with Gasteiger partial charge in [0.05, 0.1) is 11.5 Å². The topological polar surface area (TPSA) is 75.4 Å². The van der Waals surface area contributed by atoms with Crippen molar-refractivity contribution in [3.63, 3.8) is 0 Å². The van der Waals surface area contributed by atoms with Crippen LogP contribution in [0.15, 0.2) is 18.2 Å². The average Bonchev–Trinajstić information content (AvgIpc) is 2.26. The average molecular weight is 220 g/mol. The van der Waals surface area contributed by atoms with Crippen molar-refractivity contribution in [1.29, 1.82) is 0 Å². The van der Waals surface area contributed by atoms with Crippen molar-refractivity contribution in [1.82, 2.24) is 5.32 Å². The molecule has 0 heterocycles. The molecule has 5 heteroatoms. The molecule has 5 nitrogen and oxygen atoms in total. The van der Waals surface area contributed by atoms with Crippen LogP contribution in [0.5, 0.6) is 5.75 Å². The molecule has 2 N–H and O–H groups in total. The van der Waals surface area contributed by atoms with Crippen LogP contribution in [0.3, 0.4) is 0 Å². The lowest BCUT2D eigenvalue weighted by atomic mass is 10.2. The van der Waals surface area contributed by atoms with Crippen LogP contribution in [0.1, 0.15) is 12.5 Å². The predicted molar refractivity (Wildman–Crippen MR) is 59.9 cm³/mol. The van der Waals surface area contributed by atoms with E-state index in [4.69, 9.17) is 0 Å². The Hall–Kier alpha value is -2.06. The Morgan fingerprint density at radius 2 is 2.31 bits per heavy atom. The number of phenolic OH excluding ortho intramolecular Hbond substituents is 1. The van der Waals surface area contributed by atoms with Gasteiger partial charge in [-0.25, -0.2) is 0 Å². The third-order valence-electron chi connectivity index (χ3n) is 1.96. The first-order valence-electron chi connectivity index (χ1n) is 4.71. The van der Waals surface area contributed by atoms with Gasteiger partial charge in [0.1, 0.15) is 0 Å². The first-order valence-corrected chi connectivity index (χ1v) is 4.71. The van der Waals surface area contributed by atoms with Gasteiger partial charge in [0.2, 0.25) is 0 Å². The molecule has 0 atom stereocenters. The van der Waals surface area contributed by atoms with Crippen LogP contribution >= 0.6 is 0 Å². The Labute approximate surface area is 93.3 Å². The van der Waals surface area contributed by atoms with Gasteiger partial charge < -0.3 is 10.4 Å². The van der Waals surface area contributed by atoms with Crippen LogP contribution in [0.25, 0.3) is 0 Å². The summed E-state index contributed by atoms with van der Waals surface area (Å²) in [6.45, 7) is 2.76. The van der Waals surface area contributed by atoms with E-state index in [0.29, 0.717) is 13.1 Å². The molecular formula is C11H12N2O3. The fourth-order valence-corrected chi connectivity index (χ4v) is 1.18. The van der Waals surface area contributed by atoms with E-state index in [1.165, 1.54) is 12.1 Å². The molecule has 0 saturated carbocycles. The predicted octanol–water partition coefficient (Wildman–Crippen LogP) is 1.41. The van der Waals surface area contributed by atoms with Crippen molar-refractivity contribution in [3.05, 3.63) is 33.9 Å². The van der Waals surface area contributed by atoms with E-state index in [1.54, 1.807) is 13.0 Å².